The maximum absolute atomic E-state index is 11.8. The molecule has 2 rings (SSSR count). The second kappa shape index (κ2) is 6.70. The van der Waals surface area contributed by atoms with E-state index in [1.807, 2.05) is 30.3 Å². The zero-order chi connectivity index (χ0) is 13.5. The largest absolute Gasteiger partial charge is 0.354 e. The lowest BCUT2D eigenvalue weighted by Crippen LogP contribution is -2.34. The van der Waals surface area contributed by atoms with Crippen LogP contribution in [0.1, 0.15) is 23.9 Å². The molecule has 5 nitrogen and oxygen atoms in total. The molecule has 0 saturated heterocycles. The van der Waals surface area contributed by atoms with Crippen LogP contribution in [-0.4, -0.2) is 22.4 Å². The minimum absolute atomic E-state index is 0.148. The van der Waals surface area contributed by atoms with E-state index >= 15 is 0 Å². The third-order valence-corrected chi connectivity index (χ3v) is 2.89. The Morgan fingerprint density at radius 2 is 2.16 bits per heavy atom. The van der Waals surface area contributed by atoms with Gasteiger partial charge in [-0.25, -0.2) is 4.98 Å². The van der Waals surface area contributed by atoms with E-state index in [2.05, 4.69) is 15.3 Å². The number of amides is 1. The predicted molar refractivity (Wildman–Crippen MR) is 73.3 cm³/mol. The molecule has 0 radical (unpaired) electrons. The van der Waals surface area contributed by atoms with Crippen LogP contribution in [0.25, 0.3) is 0 Å². The van der Waals surface area contributed by atoms with Crippen LogP contribution in [0.15, 0.2) is 42.7 Å². The minimum atomic E-state index is -0.607. The Morgan fingerprint density at radius 1 is 1.37 bits per heavy atom. The lowest BCUT2D eigenvalue weighted by Gasteiger charge is -2.12. The molecule has 1 aromatic carbocycles. The number of nitrogens with two attached hydrogens (primary N) is 1. The normalized spacial score (nSPS) is 12.1. The maximum atomic E-state index is 11.8. The maximum Gasteiger partial charge on any atom is 0.241 e. The van der Waals surface area contributed by atoms with Crippen molar-refractivity contribution in [2.45, 2.75) is 18.9 Å². The number of H-pyrrole nitrogens is 1. The molecule has 2 aromatic rings. The first kappa shape index (κ1) is 13.3. The molecule has 19 heavy (non-hydrogen) atoms. The summed E-state index contributed by atoms with van der Waals surface area (Å²) in [5.41, 5.74) is 6.71. The van der Waals surface area contributed by atoms with Gasteiger partial charge < -0.3 is 16.0 Å². The summed E-state index contributed by atoms with van der Waals surface area (Å²) < 4.78 is 0. The fourth-order valence-electron chi connectivity index (χ4n) is 1.82. The highest BCUT2D eigenvalue weighted by atomic mass is 16.2. The van der Waals surface area contributed by atoms with Crippen LogP contribution in [0.3, 0.4) is 0 Å². The summed E-state index contributed by atoms with van der Waals surface area (Å²) in [5.74, 6) is 0.784. The number of hydrogen-bond acceptors (Lipinski definition) is 3. The zero-order valence-corrected chi connectivity index (χ0v) is 10.7. The van der Waals surface area contributed by atoms with Crippen molar-refractivity contribution in [3.05, 3.63) is 54.1 Å². The van der Waals surface area contributed by atoms with Crippen LogP contribution in [0.4, 0.5) is 0 Å². The van der Waals surface area contributed by atoms with Gasteiger partial charge in [-0.3, -0.25) is 4.79 Å². The van der Waals surface area contributed by atoms with Gasteiger partial charge in [0.15, 0.2) is 0 Å². The van der Waals surface area contributed by atoms with Crippen molar-refractivity contribution in [2.24, 2.45) is 5.73 Å². The smallest absolute Gasteiger partial charge is 0.241 e. The highest BCUT2D eigenvalue weighted by Gasteiger charge is 2.14. The van der Waals surface area contributed by atoms with Gasteiger partial charge in [-0.05, 0) is 12.0 Å². The Bertz CT molecular complexity index is 495. The molecule has 0 unspecified atom stereocenters. The highest BCUT2D eigenvalue weighted by Crippen LogP contribution is 2.09. The molecule has 1 heterocycles. The number of nitrogens with one attached hydrogen (secondary N) is 2. The fraction of sp³-hybridized carbons (Fsp3) is 0.286. The van der Waals surface area contributed by atoms with Crippen molar-refractivity contribution < 1.29 is 4.79 Å². The van der Waals surface area contributed by atoms with Crippen LogP contribution < -0.4 is 11.1 Å². The quantitative estimate of drug-likeness (QED) is 0.680. The van der Waals surface area contributed by atoms with Crippen molar-refractivity contribution in [3.63, 3.8) is 0 Å². The molecule has 0 aliphatic heterocycles. The van der Waals surface area contributed by atoms with Crippen molar-refractivity contribution in [1.29, 1.82) is 0 Å². The molecule has 1 amide bonds. The standard InChI is InChI=1S/C14H18N4O/c15-13(11-5-2-1-3-6-11)14(19)18-8-4-7-12-16-9-10-17-12/h1-3,5-6,9-10,13H,4,7-8,15H2,(H,16,17)(H,18,19)/t13-/m0/s1. The molecule has 0 bridgehead atoms. The summed E-state index contributed by atoms with van der Waals surface area (Å²) in [5, 5.41) is 2.84. The molecule has 0 aliphatic carbocycles. The highest BCUT2D eigenvalue weighted by molar-refractivity contribution is 5.82. The van der Waals surface area contributed by atoms with Gasteiger partial charge in [0.05, 0.1) is 0 Å². The van der Waals surface area contributed by atoms with E-state index in [9.17, 15) is 4.79 Å². The molecule has 5 heteroatoms. The number of rotatable bonds is 6. The first-order valence-corrected chi connectivity index (χ1v) is 6.34. The topological polar surface area (TPSA) is 83.8 Å². The van der Waals surface area contributed by atoms with E-state index in [1.54, 1.807) is 12.4 Å². The molecule has 4 N–H and O–H groups in total. The van der Waals surface area contributed by atoms with E-state index < -0.39 is 6.04 Å². The van der Waals surface area contributed by atoms with Crippen LogP contribution in [-0.2, 0) is 11.2 Å². The van der Waals surface area contributed by atoms with Gasteiger partial charge >= 0.3 is 0 Å². The van der Waals surface area contributed by atoms with Gasteiger partial charge in [0, 0.05) is 25.4 Å². The SMILES string of the molecule is N[C@H](C(=O)NCCCc1ncc[nH]1)c1ccccc1. The number of imidazole rings is 1. The van der Waals surface area contributed by atoms with Crippen LogP contribution >= 0.6 is 0 Å². The molecule has 1 aromatic heterocycles. The molecule has 0 fully saturated rings. The zero-order valence-electron chi connectivity index (χ0n) is 10.7. The molecule has 0 spiro atoms. The van der Waals surface area contributed by atoms with E-state index in [0.29, 0.717) is 6.54 Å². The van der Waals surface area contributed by atoms with E-state index in [4.69, 9.17) is 5.73 Å². The van der Waals surface area contributed by atoms with Gasteiger partial charge in [-0.15, -0.1) is 0 Å². The summed E-state index contributed by atoms with van der Waals surface area (Å²) in [7, 11) is 0. The number of carbonyl (C=O) groups is 1. The number of benzene rings is 1. The second-order valence-corrected chi connectivity index (χ2v) is 4.32. The molecule has 100 valence electrons. The van der Waals surface area contributed by atoms with Gasteiger partial charge in [0.2, 0.25) is 5.91 Å². The summed E-state index contributed by atoms with van der Waals surface area (Å²) in [6.07, 6.45) is 5.16. The van der Waals surface area contributed by atoms with Crippen molar-refractivity contribution in [2.75, 3.05) is 6.54 Å². The lowest BCUT2D eigenvalue weighted by molar-refractivity contribution is -0.122. The van der Waals surface area contributed by atoms with Crippen molar-refractivity contribution in [1.82, 2.24) is 15.3 Å². The van der Waals surface area contributed by atoms with Gasteiger partial charge in [-0.2, -0.15) is 0 Å². The van der Waals surface area contributed by atoms with E-state index in [1.165, 1.54) is 0 Å². The number of nitrogens with zero attached hydrogens (tertiary/aromatic N) is 1. The van der Waals surface area contributed by atoms with Gasteiger partial charge in [-0.1, -0.05) is 30.3 Å². The van der Waals surface area contributed by atoms with Gasteiger partial charge in [0.1, 0.15) is 11.9 Å². The van der Waals surface area contributed by atoms with Crippen LogP contribution in [0.5, 0.6) is 0 Å². The number of carbonyl (C=O) groups excluding carboxylic acids is 1. The summed E-state index contributed by atoms with van der Waals surface area (Å²) in [6.45, 7) is 0.597. The number of aromatic nitrogens is 2. The molecular weight excluding hydrogens is 240 g/mol. The van der Waals surface area contributed by atoms with E-state index in [-0.39, 0.29) is 5.91 Å². The first-order chi connectivity index (χ1) is 9.27. The van der Waals surface area contributed by atoms with Crippen LogP contribution in [0.2, 0.25) is 0 Å². The first-order valence-electron chi connectivity index (χ1n) is 6.34. The third kappa shape index (κ3) is 3.93. The predicted octanol–water partition coefficient (Wildman–Crippen LogP) is 1.16. The number of hydrogen-bond donors (Lipinski definition) is 3. The van der Waals surface area contributed by atoms with Crippen molar-refractivity contribution in [3.8, 4) is 0 Å². The molecule has 0 aliphatic rings. The van der Waals surface area contributed by atoms with Crippen LogP contribution in [0, 0.1) is 0 Å². The van der Waals surface area contributed by atoms with E-state index in [0.717, 1.165) is 24.2 Å². The van der Waals surface area contributed by atoms with Gasteiger partial charge in [0.25, 0.3) is 0 Å². The van der Waals surface area contributed by atoms with Crippen molar-refractivity contribution >= 4 is 5.91 Å². The third-order valence-electron chi connectivity index (χ3n) is 2.89. The summed E-state index contributed by atoms with van der Waals surface area (Å²) in [4.78, 5) is 19.0. The molecule has 0 saturated carbocycles. The Labute approximate surface area is 112 Å². The average Bonchev–Trinajstić information content (AvgIpc) is 2.96. The Hall–Kier alpha value is -2.14. The second-order valence-electron chi connectivity index (χ2n) is 4.32. The monoisotopic (exact) mass is 258 g/mol. The molecule has 1 atom stereocenters. The lowest BCUT2D eigenvalue weighted by atomic mass is 10.1. The molecular formula is C14H18N4O. The summed E-state index contributed by atoms with van der Waals surface area (Å²) in [6, 6.07) is 8.75. The minimum Gasteiger partial charge on any atom is -0.354 e. The Morgan fingerprint density at radius 3 is 2.84 bits per heavy atom. The Kier molecular flexibility index (Phi) is 4.69. The fourth-order valence-corrected chi connectivity index (χ4v) is 1.82. The number of aryl methyl sites for hydroxylation is 1. The average molecular weight is 258 g/mol. The summed E-state index contributed by atoms with van der Waals surface area (Å²) >= 11 is 0. The Balaban J connectivity index is 1.72. The number of aromatic amines is 1.